The highest BCUT2D eigenvalue weighted by Gasteiger charge is 2.27. The Labute approximate surface area is 115 Å². The number of hydrogen-bond acceptors (Lipinski definition) is 1. The van der Waals surface area contributed by atoms with Gasteiger partial charge in [0.15, 0.2) is 5.78 Å². The molecule has 0 aliphatic heterocycles. The Balaban J connectivity index is 2.12. The van der Waals surface area contributed by atoms with Gasteiger partial charge in [0.05, 0.1) is 0 Å². The Morgan fingerprint density at radius 2 is 2.17 bits per heavy atom. The van der Waals surface area contributed by atoms with E-state index in [0.29, 0.717) is 5.02 Å². The van der Waals surface area contributed by atoms with Crippen LogP contribution in [0.15, 0.2) is 18.2 Å². The first-order chi connectivity index (χ1) is 8.61. The van der Waals surface area contributed by atoms with Crippen LogP contribution in [-0.4, -0.2) is 5.78 Å². The van der Waals surface area contributed by atoms with Crippen LogP contribution in [0.25, 0.3) is 0 Å². The fourth-order valence-electron chi connectivity index (χ4n) is 2.88. The van der Waals surface area contributed by atoms with E-state index in [0.717, 1.165) is 29.9 Å². The number of ketones is 1. The summed E-state index contributed by atoms with van der Waals surface area (Å²) in [7, 11) is 0. The minimum Gasteiger partial charge on any atom is -0.294 e. The van der Waals surface area contributed by atoms with Crippen molar-refractivity contribution in [2.24, 2.45) is 11.8 Å². The lowest BCUT2D eigenvalue weighted by molar-refractivity contribution is 0.0862. The predicted octanol–water partition coefficient (Wildman–Crippen LogP) is 5.05. The first-order valence-electron chi connectivity index (χ1n) is 6.92. The van der Waals surface area contributed by atoms with Crippen LogP contribution in [0.2, 0.25) is 5.02 Å². The molecule has 2 atom stereocenters. The lowest BCUT2D eigenvalue weighted by Gasteiger charge is -2.27. The van der Waals surface area contributed by atoms with Crippen LogP contribution in [-0.2, 0) is 0 Å². The number of benzene rings is 1. The van der Waals surface area contributed by atoms with Crippen molar-refractivity contribution in [2.45, 2.75) is 46.0 Å². The summed E-state index contributed by atoms with van der Waals surface area (Å²) in [4.78, 5) is 12.5. The predicted molar refractivity (Wildman–Crippen MR) is 76.3 cm³/mol. The Hall–Kier alpha value is -0.820. The average molecular weight is 265 g/mol. The van der Waals surface area contributed by atoms with Crippen molar-refractivity contribution in [2.75, 3.05) is 0 Å². The van der Waals surface area contributed by atoms with Gasteiger partial charge in [-0.1, -0.05) is 49.9 Å². The molecule has 0 amide bonds. The number of carbonyl (C=O) groups excluding carboxylic acids is 1. The molecule has 2 unspecified atom stereocenters. The first-order valence-corrected chi connectivity index (χ1v) is 7.30. The van der Waals surface area contributed by atoms with E-state index in [1.807, 2.05) is 25.1 Å². The normalized spacial score (nSPS) is 23.9. The largest absolute Gasteiger partial charge is 0.294 e. The first kappa shape index (κ1) is 13.6. The minimum absolute atomic E-state index is 0.211. The van der Waals surface area contributed by atoms with E-state index in [9.17, 15) is 4.79 Å². The highest BCUT2D eigenvalue weighted by molar-refractivity contribution is 6.31. The molecule has 0 saturated heterocycles. The number of Topliss-reactive ketones (excluding diaryl/α,β-unsaturated/α-hetero) is 1. The number of halogens is 1. The Morgan fingerprint density at radius 3 is 2.83 bits per heavy atom. The topological polar surface area (TPSA) is 17.1 Å². The molecular weight excluding hydrogens is 244 g/mol. The molecule has 0 spiro atoms. The van der Waals surface area contributed by atoms with E-state index >= 15 is 0 Å². The van der Waals surface area contributed by atoms with Gasteiger partial charge < -0.3 is 0 Å². The third-order valence-electron chi connectivity index (χ3n) is 4.19. The van der Waals surface area contributed by atoms with E-state index in [-0.39, 0.29) is 11.7 Å². The van der Waals surface area contributed by atoms with E-state index in [1.165, 1.54) is 19.3 Å². The van der Waals surface area contributed by atoms with Gasteiger partial charge in [-0.2, -0.15) is 0 Å². The minimum atomic E-state index is 0.211. The smallest absolute Gasteiger partial charge is 0.166 e. The van der Waals surface area contributed by atoms with Crippen LogP contribution in [0.1, 0.15) is 54.9 Å². The fraction of sp³-hybridized carbons (Fsp3) is 0.562. The lowest BCUT2D eigenvalue weighted by Crippen LogP contribution is -2.22. The zero-order chi connectivity index (χ0) is 13.1. The van der Waals surface area contributed by atoms with Gasteiger partial charge in [0.25, 0.3) is 0 Å². The van der Waals surface area contributed by atoms with Crippen LogP contribution < -0.4 is 0 Å². The lowest BCUT2D eigenvalue weighted by atomic mass is 9.77. The molecule has 1 saturated carbocycles. The second-order valence-electron chi connectivity index (χ2n) is 5.47. The van der Waals surface area contributed by atoms with Gasteiger partial charge in [-0.15, -0.1) is 0 Å². The molecule has 1 aliphatic carbocycles. The molecule has 2 heteroatoms. The molecule has 0 heterocycles. The van der Waals surface area contributed by atoms with Crippen molar-refractivity contribution in [1.29, 1.82) is 0 Å². The van der Waals surface area contributed by atoms with E-state index in [1.54, 1.807) is 0 Å². The Kier molecular flexibility index (Phi) is 4.45. The summed E-state index contributed by atoms with van der Waals surface area (Å²) in [5.74, 6) is 1.23. The molecule has 1 nitrogen and oxygen atoms in total. The Bertz CT molecular complexity index is 439. The molecule has 1 aromatic carbocycles. The third kappa shape index (κ3) is 2.95. The maximum absolute atomic E-state index is 12.5. The molecule has 18 heavy (non-hydrogen) atoms. The maximum Gasteiger partial charge on any atom is 0.166 e. The summed E-state index contributed by atoms with van der Waals surface area (Å²) in [5, 5.41) is 0.698. The van der Waals surface area contributed by atoms with E-state index in [4.69, 9.17) is 11.6 Å². The van der Waals surface area contributed by atoms with Crippen molar-refractivity contribution in [3.05, 3.63) is 34.3 Å². The van der Waals surface area contributed by atoms with E-state index < -0.39 is 0 Å². The highest BCUT2D eigenvalue weighted by atomic mass is 35.5. The van der Waals surface area contributed by atoms with Crippen LogP contribution in [0.5, 0.6) is 0 Å². The van der Waals surface area contributed by atoms with Gasteiger partial charge in [-0.3, -0.25) is 4.79 Å². The zero-order valence-electron chi connectivity index (χ0n) is 11.2. The molecule has 0 radical (unpaired) electrons. The molecule has 1 aliphatic rings. The van der Waals surface area contributed by atoms with Crippen molar-refractivity contribution in [3.63, 3.8) is 0 Å². The number of carbonyl (C=O) groups is 1. The summed E-state index contributed by atoms with van der Waals surface area (Å²) in [6.45, 7) is 4.19. The van der Waals surface area contributed by atoms with Crippen LogP contribution in [0.3, 0.4) is 0 Å². The van der Waals surface area contributed by atoms with Crippen LogP contribution >= 0.6 is 11.6 Å². The second-order valence-corrected chi connectivity index (χ2v) is 5.87. The molecule has 0 bridgehead atoms. The van der Waals surface area contributed by atoms with Gasteiger partial charge in [0, 0.05) is 16.5 Å². The summed E-state index contributed by atoms with van der Waals surface area (Å²) in [6.07, 6.45) is 5.77. The second kappa shape index (κ2) is 5.88. The van der Waals surface area contributed by atoms with Crippen molar-refractivity contribution in [1.82, 2.24) is 0 Å². The van der Waals surface area contributed by atoms with Crippen molar-refractivity contribution >= 4 is 17.4 Å². The monoisotopic (exact) mass is 264 g/mol. The SMILES string of the molecule is CCC1CCCC(C(=O)c2ccc(C)c(Cl)c2)C1. The molecule has 1 aromatic rings. The van der Waals surface area contributed by atoms with E-state index in [2.05, 4.69) is 6.92 Å². The van der Waals surface area contributed by atoms with Crippen molar-refractivity contribution in [3.8, 4) is 0 Å². The molecule has 98 valence electrons. The molecule has 2 rings (SSSR count). The molecular formula is C16H21ClO. The number of hydrogen-bond donors (Lipinski definition) is 0. The zero-order valence-corrected chi connectivity index (χ0v) is 12.0. The molecule has 0 N–H and O–H groups in total. The fourth-order valence-corrected chi connectivity index (χ4v) is 3.06. The van der Waals surface area contributed by atoms with Gasteiger partial charge in [-0.25, -0.2) is 0 Å². The summed E-state index contributed by atoms with van der Waals surface area (Å²) in [5.41, 5.74) is 1.82. The van der Waals surface area contributed by atoms with Crippen LogP contribution in [0.4, 0.5) is 0 Å². The molecule has 0 aromatic heterocycles. The number of aryl methyl sites for hydroxylation is 1. The average Bonchev–Trinajstić information content (AvgIpc) is 2.41. The summed E-state index contributed by atoms with van der Waals surface area (Å²) >= 11 is 6.10. The van der Waals surface area contributed by atoms with Gasteiger partial charge >= 0.3 is 0 Å². The quantitative estimate of drug-likeness (QED) is 0.699. The number of rotatable bonds is 3. The maximum atomic E-state index is 12.5. The van der Waals surface area contributed by atoms with Gasteiger partial charge in [0.2, 0.25) is 0 Å². The third-order valence-corrected chi connectivity index (χ3v) is 4.59. The standard InChI is InChI=1S/C16H21ClO/c1-3-12-5-4-6-13(9-12)16(18)14-8-7-11(2)15(17)10-14/h7-8,10,12-13H,3-6,9H2,1-2H3. The van der Waals surface area contributed by atoms with Gasteiger partial charge in [0.1, 0.15) is 0 Å². The highest BCUT2D eigenvalue weighted by Crippen LogP contribution is 2.33. The summed E-state index contributed by atoms with van der Waals surface area (Å²) in [6, 6.07) is 5.68. The van der Waals surface area contributed by atoms with Crippen molar-refractivity contribution < 1.29 is 4.79 Å². The molecule has 1 fully saturated rings. The van der Waals surface area contributed by atoms with Gasteiger partial charge in [-0.05, 0) is 37.3 Å². The summed E-state index contributed by atoms with van der Waals surface area (Å²) < 4.78 is 0. The Morgan fingerprint density at radius 1 is 1.39 bits per heavy atom. The van der Waals surface area contributed by atoms with Crippen LogP contribution in [0, 0.1) is 18.8 Å².